The highest BCUT2D eigenvalue weighted by Gasteiger charge is 2.12. The van der Waals surface area contributed by atoms with Gasteiger partial charge in [-0.1, -0.05) is 64.5 Å². The molecule has 5 aromatic rings. The van der Waals surface area contributed by atoms with Gasteiger partial charge in [-0.25, -0.2) is 0 Å². The fourth-order valence-electron chi connectivity index (χ4n) is 3.04. The number of fused-ring (bicyclic) bond motifs is 5. The Bertz CT molecular complexity index is 1170. The van der Waals surface area contributed by atoms with Gasteiger partial charge in [-0.15, -0.1) is 22.7 Å². The summed E-state index contributed by atoms with van der Waals surface area (Å²) in [5.41, 5.74) is 2.57. The minimum atomic E-state index is 1.15. The lowest BCUT2D eigenvalue weighted by atomic mass is 10.1. The molecule has 23 heavy (non-hydrogen) atoms. The van der Waals surface area contributed by atoms with Crippen molar-refractivity contribution in [2.45, 2.75) is 0 Å². The van der Waals surface area contributed by atoms with Crippen LogP contribution in [0.4, 0.5) is 0 Å². The van der Waals surface area contributed by atoms with Crippen LogP contribution in [0.15, 0.2) is 71.2 Å². The largest absolute Gasteiger partial charge is 0.134 e. The molecule has 0 nitrogen and oxygen atoms in total. The molecule has 0 aliphatic rings. The molecule has 0 aliphatic heterocycles. The first-order valence-corrected chi connectivity index (χ1v) is 9.82. The highest BCUT2D eigenvalue weighted by molar-refractivity contribution is 9.10. The number of thiophene rings is 2. The van der Waals surface area contributed by atoms with Crippen LogP contribution in [0.1, 0.15) is 0 Å². The van der Waals surface area contributed by atoms with Crippen molar-refractivity contribution in [3.8, 4) is 11.1 Å². The van der Waals surface area contributed by atoms with Crippen molar-refractivity contribution in [3.05, 3.63) is 71.2 Å². The third kappa shape index (κ3) is 2.15. The zero-order valence-electron chi connectivity index (χ0n) is 12.0. The Morgan fingerprint density at radius 3 is 2.00 bits per heavy atom. The van der Waals surface area contributed by atoms with E-state index in [-0.39, 0.29) is 0 Å². The van der Waals surface area contributed by atoms with Crippen LogP contribution >= 0.6 is 38.6 Å². The Balaban J connectivity index is 1.80. The number of benzene rings is 3. The number of hydrogen-bond acceptors (Lipinski definition) is 2. The van der Waals surface area contributed by atoms with Crippen LogP contribution in [-0.4, -0.2) is 0 Å². The molecular weight excluding hydrogens is 384 g/mol. The molecule has 2 heterocycles. The van der Waals surface area contributed by atoms with Crippen LogP contribution in [0.5, 0.6) is 0 Å². The van der Waals surface area contributed by atoms with Crippen molar-refractivity contribution in [1.82, 2.24) is 0 Å². The van der Waals surface area contributed by atoms with E-state index in [0.717, 1.165) is 4.47 Å². The summed E-state index contributed by atoms with van der Waals surface area (Å²) in [7, 11) is 0. The van der Waals surface area contributed by atoms with Crippen LogP contribution in [0.3, 0.4) is 0 Å². The quantitative estimate of drug-likeness (QED) is 0.273. The van der Waals surface area contributed by atoms with E-state index in [1.54, 1.807) is 0 Å². The van der Waals surface area contributed by atoms with E-state index in [1.165, 1.54) is 40.7 Å². The fraction of sp³-hybridized carbons (Fsp3) is 0. The van der Waals surface area contributed by atoms with E-state index in [2.05, 4.69) is 82.7 Å². The van der Waals surface area contributed by atoms with E-state index < -0.39 is 0 Å². The highest BCUT2D eigenvalue weighted by Crippen LogP contribution is 2.45. The van der Waals surface area contributed by atoms with Gasteiger partial charge in [0.1, 0.15) is 0 Å². The lowest BCUT2D eigenvalue weighted by Crippen LogP contribution is -1.75. The standard InChI is InChI=1S/C20H11BrS2/c21-14-7-9-16-18(11-14)23-19-15-8-6-13(10-17(15)22-20(16)19)12-4-2-1-3-5-12/h1-11H. The van der Waals surface area contributed by atoms with Crippen molar-refractivity contribution in [1.29, 1.82) is 0 Å². The zero-order chi connectivity index (χ0) is 15.4. The Kier molecular flexibility index (Phi) is 3.08. The Hall–Kier alpha value is -1.68. The molecule has 3 aromatic carbocycles. The first-order chi connectivity index (χ1) is 11.3. The first kappa shape index (κ1) is 13.7. The first-order valence-electron chi connectivity index (χ1n) is 7.39. The van der Waals surface area contributed by atoms with Gasteiger partial charge in [0, 0.05) is 24.6 Å². The molecule has 2 aromatic heterocycles. The van der Waals surface area contributed by atoms with E-state index >= 15 is 0 Å². The Morgan fingerprint density at radius 1 is 0.609 bits per heavy atom. The van der Waals surface area contributed by atoms with Gasteiger partial charge in [-0.3, -0.25) is 0 Å². The number of halogens is 1. The molecular formula is C20H11BrS2. The second-order valence-corrected chi connectivity index (χ2v) is 8.60. The van der Waals surface area contributed by atoms with Crippen molar-refractivity contribution in [2.24, 2.45) is 0 Å². The molecule has 0 spiro atoms. The summed E-state index contributed by atoms with van der Waals surface area (Å²) in [6.07, 6.45) is 0. The van der Waals surface area contributed by atoms with Gasteiger partial charge >= 0.3 is 0 Å². The molecule has 110 valence electrons. The maximum Gasteiger partial charge on any atom is 0.0542 e. The Labute approximate surface area is 150 Å². The molecule has 0 unspecified atom stereocenters. The normalized spacial score (nSPS) is 11.7. The third-order valence-electron chi connectivity index (χ3n) is 4.15. The van der Waals surface area contributed by atoms with Crippen LogP contribution in [0.25, 0.3) is 40.7 Å². The fourth-order valence-corrected chi connectivity index (χ4v) is 6.28. The molecule has 0 amide bonds. The molecule has 5 rings (SSSR count). The van der Waals surface area contributed by atoms with E-state index in [0.29, 0.717) is 0 Å². The molecule has 0 saturated heterocycles. The van der Waals surface area contributed by atoms with Gasteiger partial charge in [0.05, 0.1) is 9.40 Å². The molecule has 0 atom stereocenters. The molecule has 0 saturated carbocycles. The predicted molar refractivity (Wildman–Crippen MR) is 108 cm³/mol. The summed E-state index contributed by atoms with van der Waals surface area (Å²) in [5, 5.41) is 2.75. The van der Waals surface area contributed by atoms with Crippen molar-refractivity contribution >= 4 is 68.2 Å². The van der Waals surface area contributed by atoms with Crippen molar-refractivity contribution in [3.63, 3.8) is 0 Å². The van der Waals surface area contributed by atoms with Gasteiger partial charge in [0.15, 0.2) is 0 Å². The predicted octanol–water partition coefficient (Wildman–Crippen LogP) is 7.70. The average Bonchev–Trinajstić information content (AvgIpc) is 3.10. The van der Waals surface area contributed by atoms with Crippen molar-refractivity contribution in [2.75, 3.05) is 0 Å². The number of hydrogen-bond donors (Lipinski definition) is 0. The van der Waals surface area contributed by atoms with Gasteiger partial charge in [-0.05, 0) is 29.3 Å². The number of rotatable bonds is 1. The van der Waals surface area contributed by atoms with Crippen LogP contribution < -0.4 is 0 Å². The van der Waals surface area contributed by atoms with E-state index in [9.17, 15) is 0 Å². The van der Waals surface area contributed by atoms with Gasteiger partial charge in [0.25, 0.3) is 0 Å². The monoisotopic (exact) mass is 394 g/mol. The SMILES string of the molecule is Brc1ccc2c(c1)sc1c3ccc(-c4ccccc4)cc3sc21. The Morgan fingerprint density at radius 2 is 1.26 bits per heavy atom. The van der Waals surface area contributed by atoms with Crippen molar-refractivity contribution < 1.29 is 0 Å². The smallest absolute Gasteiger partial charge is 0.0542 e. The maximum absolute atomic E-state index is 3.57. The lowest BCUT2D eigenvalue weighted by Gasteiger charge is -2.01. The maximum atomic E-state index is 3.57. The summed E-state index contributed by atoms with van der Waals surface area (Å²) in [6.45, 7) is 0. The zero-order valence-corrected chi connectivity index (χ0v) is 15.3. The van der Waals surface area contributed by atoms with Crippen LogP contribution in [0, 0.1) is 0 Å². The molecule has 0 bridgehead atoms. The van der Waals surface area contributed by atoms with Gasteiger partial charge in [0.2, 0.25) is 0 Å². The summed E-state index contributed by atoms with van der Waals surface area (Å²) >= 11 is 7.37. The second kappa shape index (κ2) is 5.17. The third-order valence-corrected chi connectivity index (χ3v) is 7.15. The molecule has 3 heteroatoms. The van der Waals surface area contributed by atoms with Crippen LogP contribution in [-0.2, 0) is 0 Å². The summed E-state index contributed by atoms with van der Waals surface area (Å²) in [6, 6.07) is 24.0. The minimum Gasteiger partial charge on any atom is -0.134 e. The summed E-state index contributed by atoms with van der Waals surface area (Å²) in [5.74, 6) is 0. The van der Waals surface area contributed by atoms with E-state index in [4.69, 9.17) is 0 Å². The highest BCUT2D eigenvalue weighted by atomic mass is 79.9. The lowest BCUT2D eigenvalue weighted by molar-refractivity contribution is 1.66. The summed E-state index contributed by atoms with van der Waals surface area (Å²) < 4.78 is 6.71. The second-order valence-electron chi connectivity index (χ2n) is 5.58. The minimum absolute atomic E-state index is 1.15. The van der Waals surface area contributed by atoms with Crippen LogP contribution in [0.2, 0.25) is 0 Å². The molecule has 0 aliphatic carbocycles. The molecule has 0 radical (unpaired) electrons. The van der Waals surface area contributed by atoms with Gasteiger partial charge < -0.3 is 0 Å². The molecule has 0 N–H and O–H groups in total. The topological polar surface area (TPSA) is 0 Å². The summed E-state index contributed by atoms with van der Waals surface area (Å²) in [4.78, 5) is 0. The van der Waals surface area contributed by atoms with E-state index in [1.807, 2.05) is 22.7 Å². The van der Waals surface area contributed by atoms with Gasteiger partial charge in [-0.2, -0.15) is 0 Å². The average molecular weight is 395 g/mol. The molecule has 0 fully saturated rings.